The highest BCUT2D eigenvalue weighted by Gasteiger charge is 2.14. The molecule has 2 nitrogen and oxygen atoms in total. The molecule has 102 valence electrons. The first-order valence-electron chi connectivity index (χ1n) is 5.78. The summed E-state index contributed by atoms with van der Waals surface area (Å²) in [5.41, 5.74) is 2.63. The SMILES string of the molecule is ClCc1nc2cc(Br)ccc2n1-c1ccc(Cl)cc1Cl. The molecule has 3 aromatic rings. The lowest BCUT2D eigenvalue weighted by molar-refractivity contribution is 0.982. The second kappa shape index (κ2) is 5.57. The maximum Gasteiger partial charge on any atom is 0.129 e. The molecular weight excluding hydrogens is 382 g/mol. The molecule has 0 saturated heterocycles. The van der Waals surface area contributed by atoms with Crippen LogP contribution in [0.5, 0.6) is 0 Å². The van der Waals surface area contributed by atoms with Gasteiger partial charge in [-0.3, -0.25) is 4.57 Å². The van der Waals surface area contributed by atoms with Gasteiger partial charge in [0.05, 0.1) is 27.6 Å². The topological polar surface area (TPSA) is 17.8 Å². The largest absolute Gasteiger partial charge is 0.294 e. The Balaban J connectivity index is 2.34. The minimum Gasteiger partial charge on any atom is -0.294 e. The minimum absolute atomic E-state index is 0.297. The predicted octanol–water partition coefficient (Wildman–Crippen LogP) is 5.83. The summed E-state index contributed by atoms with van der Waals surface area (Å²) in [4.78, 5) is 4.54. The third-order valence-corrected chi connectivity index (χ3v) is 4.23. The Morgan fingerprint density at radius 2 is 1.90 bits per heavy atom. The standard InChI is InChI=1S/C14H8BrCl3N2/c15-8-1-3-13-11(5-8)19-14(7-16)20(13)12-4-2-9(17)6-10(12)18/h1-6H,7H2. The summed E-state index contributed by atoms with van der Waals surface area (Å²) in [6.45, 7) is 0. The number of nitrogens with zero attached hydrogens (tertiary/aromatic N) is 2. The fourth-order valence-electron chi connectivity index (χ4n) is 2.12. The lowest BCUT2D eigenvalue weighted by Gasteiger charge is -2.10. The van der Waals surface area contributed by atoms with Gasteiger partial charge in [-0.15, -0.1) is 11.6 Å². The van der Waals surface area contributed by atoms with E-state index in [0.29, 0.717) is 15.9 Å². The zero-order chi connectivity index (χ0) is 14.3. The lowest BCUT2D eigenvalue weighted by atomic mass is 10.2. The van der Waals surface area contributed by atoms with E-state index in [4.69, 9.17) is 34.8 Å². The van der Waals surface area contributed by atoms with Crippen LogP contribution in [0.2, 0.25) is 10.0 Å². The molecule has 0 unspecified atom stereocenters. The van der Waals surface area contributed by atoms with Gasteiger partial charge in [-0.25, -0.2) is 4.98 Å². The van der Waals surface area contributed by atoms with E-state index >= 15 is 0 Å². The summed E-state index contributed by atoms with van der Waals surface area (Å²) < 4.78 is 2.92. The molecule has 0 amide bonds. The van der Waals surface area contributed by atoms with Crippen LogP contribution < -0.4 is 0 Å². The van der Waals surface area contributed by atoms with Crippen LogP contribution in [-0.4, -0.2) is 9.55 Å². The van der Waals surface area contributed by atoms with Gasteiger partial charge >= 0.3 is 0 Å². The summed E-state index contributed by atoms with van der Waals surface area (Å²) in [5, 5.41) is 1.16. The number of alkyl halides is 1. The van der Waals surface area contributed by atoms with Gasteiger partial charge in [-0.05, 0) is 36.4 Å². The van der Waals surface area contributed by atoms with Crippen LogP contribution in [0, 0.1) is 0 Å². The Morgan fingerprint density at radius 1 is 1.10 bits per heavy atom. The van der Waals surface area contributed by atoms with Crippen molar-refractivity contribution >= 4 is 61.8 Å². The molecule has 0 fully saturated rings. The number of fused-ring (bicyclic) bond motifs is 1. The van der Waals surface area contributed by atoms with E-state index in [1.165, 1.54) is 0 Å². The van der Waals surface area contributed by atoms with Crippen LogP contribution in [0.4, 0.5) is 0 Å². The minimum atomic E-state index is 0.297. The second-order valence-corrected chi connectivity index (χ2v) is 6.25. The lowest BCUT2D eigenvalue weighted by Crippen LogP contribution is -2.00. The van der Waals surface area contributed by atoms with Crippen LogP contribution in [-0.2, 0) is 5.88 Å². The molecule has 1 heterocycles. The highest BCUT2D eigenvalue weighted by Crippen LogP contribution is 2.30. The fraction of sp³-hybridized carbons (Fsp3) is 0.0714. The number of imidazole rings is 1. The van der Waals surface area contributed by atoms with Gasteiger partial charge in [-0.1, -0.05) is 39.1 Å². The van der Waals surface area contributed by atoms with Gasteiger partial charge < -0.3 is 0 Å². The Bertz CT molecular complexity index is 798. The number of aromatic nitrogens is 2. The Hall–Kier alpha value is -0.740. The van der Waals surface area contributed by atoms with Gasteiger partial charge in [0.1, 0.15) is 5.82 Å². The fourth-order valence-corrected chi connectivity index (χ4v) is 3.15. The van der Waals surface area contributed by atoms with E-state index in [2.05, 4.69) is 20.9 Å². The van der Waals surface area contributed by atoms with Crippen LogP contribution >= 0.6 is 50.7 Å². The van der Waals surface area contributed by atoms with Crippen molar-refractivity contribution in [2.75, 3.05) is 0 Å². The quantitative estimate of drug-likeness (QED) is 0.503. The highest BCUT2D eigenvalue weighted by atomic mass is 79.9. The zero-order valence-electron chi connectivity index (χ0n) is 10.1. The molecule has 0 N–H and O–H groups in total. The summed E-state index contributed by atoms with van der Waals surface area (Å²) in [7, 11) is 0. The number of halogens is 4. The maximum absolute atomic E-state index is 6.30. The normalized spacial score (nSPS) is 11.2. The van der Waals surface area contributed by atoms with Gasteiger partial charge in [0, 0.05) is 9.50 Å². The van der Waals surface area contributed by atoms with Gasteiger partial charge in [0.15, 0.2) is 0 Å². The molecule has 0 atom stereocenters. The number of hydrogen-bond donors (Lipinski definition) is 0. The zero-order valence-corrected chi connectivity index (χ0v) is 13.9. The molecule has 0 aliphatic carbocycles. The van der Waals surface area contributed by atoms with Crippen molar-refractivity contribution in [1.82, 2.24) is 9.55 Å². The first kappa shape index (κ1) is 14.2. The molecule has 0 radical (unpaired) electrons. The number of rotatable bonds is 2. The summed E-state index contributed by atoms with van der Waals surface area (Å²) >= 11 is 21.7. The third kappa shape index (κ3) is 2.44. The van der Waals surface area contributed by atoms with Gasteiger partial charge in [-0.2, -0.15) is 0 Å². The van der Waals surface area contributed by atoms with E-state index in [1.54, 1.807) is 12.1 Å². The van der Waals surface area contributed by atoms with Crippen molar-refractivity contribution in [2.24, 2.45) is 0 Å². The number of hydrogen-bond acceptors (Lipinski definition) is 1. The van der Waals surface area contributed by atoms with Crippen molar-refractivity contribution < 1.29 is 0 Å². The van der Waals surface area contributed by atoms with Gasteiger partial charge in [0.2, 0.25) is 0 Å². The molecule has 1 aromatic heterocycles. The maximum atomic E-state index is 6.30. The van der Waals surface area contributed by atoms with Crippen molar-refractivity contribution in [3.63, 3.8) is 0 Å². The summed E-state index contributed by atoms with van der Waals surface area (Å²) in [5.74, 6) is 1.04. The highest BCUT2D eigenvalue weighted by molar-refractivity contribution is 9.10. The monoisotopic (exact) mass is 388 g/mol. The van der Waals surface area contributed by atoms with Crippen LogP contribution in [0.3, 0.4) is 0 Å². The van der Waals surface area contributed by atoms with E-state index in [1.807, 2.05) is 28.8 Å². The van der Waals surface area contributed by atoms with Crippen LogP contribution in [0.15, 0.2) is 40.9 Å². The first-order chi connectivity index (χ1) is 9.60. The molecule has 6 heteroatoms. The Morgan fingerprint density at radius 3 is 2.60 bits per heavy atom. The van der Waals surface area contributed by atoms with E-state index in [-0.39, 0.29) is 0 Å². The van der Waals surface area contributed by atoms with Gasteiger partial charge in [0.25, 0.3) is 0 Å². The molecule has 3 rings (SSSR count). The summed E-state index contributed by atoms with van der Waals surface area (Å²) in [6.07, 6.45) is 0. The average Bonchev–Trinajstić information content (AvgIpc) is 2.76. The van der Waals surface area contributed by atoms with E-state index in [0.717, 1.165) is 27.0 Å². The summed E-state index contributed by atoms with van der Waals surface area (Å²) in [6, 6.07) is 11.3. The first-order valence-corrected chi connectivity index (χ1v) is 7.87. The molecule has 0 saturated carbocycles. The molecule has 20 heavy (non-hydrogen) atoms. The van der Waals surface area contributed by atoms with Crippen LogP contribution in [0.25, 0.3) is 16.7 Å². The van der Waals surface area contributed by atoms with Crippen molar-refractivity contribution in [3.05, 3.63) is 56.7 Å². The predicted molar refractivity (Wildman–Crippen MR) is 88.3 cm³/mol. The molecule has 2 aromatic carbocycles. The second-order valence-electron chi connectivity index (χ2n) is 4.23. The molecule has 0 aliphatic heterocycles. The smallest absolute Gasteiger partial charge is 0.129 e. The van der Waals surface area contributed by atoms with Crippen LogP contribution in [0.1, 0.15) is 5.82 Å². The van der Waals surface area contributed by atoms with Crippen molar-refractivity contribution in [3.8, 4) is 5.69 Å². The molecule has 0 aliphatic rings. The Kier molecular flexibility index (Phi) is 3.95. The Labute approximate surface area is 139 Å². The molecule has 0 spiro atoms. The molecule has 0 bridgehead atoms. The van der Waals surface area contributed by atoms with E-state index < -0.39 is 0 Å². The van der Waals surface area contributed by atoms with E-state index in [9.17, 15) is 0 Å². The number of benzene rings is 2. The van der Waals surface area contributed by atoms with Crippen molar-refractivity contribution in [1.29, 1.82) is 0 Å². The average molecular weight is 390 g/mol. The molecular formula is C14H8BrCl3N2. The van der Waals surface area contributed by atoms with Crippen molar-refractivity contribution in [2.45, 2.75) is 5.88 Å². The third-order valence-electron chi connectivity index (χ3n) is 2.96.